The quantitative estimate of drug-likeness (QED) is 0.289. The van der Waals surface area contributed by atoms with E-state index < -0.39 is 24.4 Å². The third-order valence-electron chi connectivity index (χ3n) is 14.9. The normalized spacial score (nSPS) is 44.7. The van der Waals surface area contributed by atoms with Crippen LogP contribution < -0.4 is 0 Å². The van der Waals surface area contributed by atoms with Crippen molar-refractivity contribution in [2.75, 3.05) is 13.2 Å². The predicted octanol–water partition coefficient (Wildman–Crippen LogP) is 5.92. The summed E-state index contributed by atoms with van der Waals surface area (Å²) in [4.78, 5) is 26.6. The van der Waals surface area contributed by atoms with Crippen LogP contribution in [0.1, 0.15) is 118 Å². The third-order valence-corrected chi connectivity index (χ3v) is 14.9. The van der Waals surface area contributed by atoms with E-state index in [2.05, 4.69) is 49.0 Å². The highest BCUT2D eigenvalue weighted by Gasteiger charge is 2.61. The Morgan fingerprint density at radius 2 is 1.83 bits per heavy atom. The second-order valence-corrected chi connectivity index (χ2v) is 18.1. The first-order valence-corrected chi connectivity index (χ1v) is 20.1. The van der Waals surface area contributed by atoms with E-state index in [0.29, 0.717) is 49.2 Å². The molecule has 1 N–H and O–H groups in total. The van der Waals surface area contributed by atoms with E-state index in [0.717, 1.165) is 50.8 Å². The molecule has 1 aromatic rings. The van der Waals surface area contributed by atoms with Gasteiger partial charge in [0, 0.05) is 51.2 Å². The number of hydrogen-bond donors (Lipinski definition) is 1. The van der Waals surface area contributed by atoms with E-state index >= 15 is 0 Å². The Kier molecular flexibility index (Phi) is 9.52. The summed E-state index contributed by atoms with van der Waals surface area (Å²) < 4.78 is 26.6. The fourth-order valence-electron chi connectivity index (χ4n) is 12.4. The number of aliphatic hydroxyl groups excluding tert-OH is 1. The molecule has 7 aliphatic rings. The number of carbonyl (C=O) groups is 2. The van der Waals surface area contributed by atoms with Crippen molar-refractivity contribution in [3.63, 3.8) is 0 Å². The molecule has 3 aliphatic heterocycles. The molecule has 4 heterocycles. The predicted molar refractivity (Wildman–Crippen MR) is 192 cm³/mol. The van der Waals surface area contributed by atoms with Crippen molar-refractivity contribution in [2.24, 2.45) is 40.9 Å². The number of aliphatic hydroxyl groups is 1. The van der Waals surface area contributed by atoms with Gasteiger partial charge in [0.2, 0.25) is 0 Å². The SMILES string of the molecule is CC(=O)OC1CC(OC(C)=O)C(n2cc(CN3CC(C)CC4OC5(CCC6C(=C5C)CC5C6CC=C6CC(O)CCC65C)C(C)C43)nn2)OCC1C. The minimum Gasteiger partial charge on any atom is -0.462 e. The van der Waals surface area contributed by atoms with Crippen molar-refractivity contribution in [3.05, 3.63) is 34.7 Å². The molecule has 5 fully saturated rings. The van der Waals surface area contributed by atoms with Gasteiger partial charge in [0.25, 0.3) is 0 Å². The number of esters is 2. The van der Waals surface area contributed by atoms with Crippen LogP contribution in [0.4, 0.5) is 0 Å². The summed E-state index contributed by atoms with van der Waals surface area (Å²) in [5, 5.41) is 19.6. The summed E-state index contributed by atoms with van der Waals surface area (Å²) in [5.74, 6) is 1.98. The first-order chi connectivity index (χ1) is 24.8. The maximum absolute atomic E-state index is 12.1. The fraction of sp³-hybridized carbons (Fsp3) is 0.805. The zero-order valence-electron chi connectivity index (χ0n) is 32.3. The van der Waals surface area contributed by atoms with Crippen LogP contribution in [0, 0.1) is 40.9 Å². The molecule has 52 heavy (non-hydrogen) atoms. The lowest BCUT2D eigenvalue weighted by molar-refractivity contribution is -0.163. The van der Waals surface area contributed by atoms with Crippen molar-refractivity contribution < 1.29 is 33.6 Å². The van der Waals surface area contributed by atoms with Gasteiger partial charge in [-0.25, -0.2) is 4.68 Å². The Morgan fingerprint density at radius 1 is 1.06 bits per heavy atom. The lowest BCUT2D eigenvalue weighted by atomic mass is 9.56. The van der Waals surface area contributed by atoms with Crippen LogP contribution >= 0.6 is 0 Å². The molecule has 0 aromatic carbocycles. The summed E-state index contributed by atoms with van der Waals surface area (Å²) >= 11 is 0. The van der Waals surface area contributed by atoms with Crippen molar-refractivity contribution in [1.29, 1.82) is 0 Å². The van der Waals surface area contributed by atoms with Crippen LogP contribution in [-0.4, -0.2) is 86.1 Å². The topological polar surface area (TPSA) is 125 Å². The largest absolute Gasteiger partial charge is 0.462 e. The van der Waals surface area contributed by atoms with E-state index in [1.54, 1.807) is 10.3 Å². The molecule has 0 bridgehead atoms. The van der Waals surface area contributed by atoms with Crippen LogP contribution in [0.3, 0.4) is 0 Å². The molecule has 0 radical (unpaired) electrons. The second-order valence-electron chi connectivity index (χ2n) is 18.1. The van der Waals surface area contributed by atoms with Gasteiger partial charge in [-0.1, -0.05) is 50.1 Å². The van der Waals surface area contributed by atoms with Gasteiger partial charge in [0.1, 0.15) is 6.10 Å². The Balaban J connectivity index is 1.02. The summed E-state index contributed by atoms with van der Waals surface area (Å²) in [6.45, 7) is 16.4. The van der Waals surface area contributed by atoms with Gasteiger partial charge in [-0.3, -0.25) is 14.5 Å². The first kappa shape index (κ1) is 36.4. The minimum absolute atomic E-state index is 0.0711. The van der Waals surface area contributed by atoms with Gasteiger partial charge in [0.05, 0.1) is 36.3 Å². The maximum Gasteiger partial charge on any atom is 0.303 e. The van der Waals surface area contributed by atoms with Gasteiger partial charge in [0.15, 0.2) is 12.3 Å². The summed E-state index contributed by atoms with van der Waals surface area (Å²) in [7, 11) is 0. The Hall–Kier alpha value is -2.60. The van der Waals surface area contributed by atoms with Gasteiger partial charge in [-0.2, -0.15) is 0 Å². The second kappa shape index (κ2) is 13.6. The fourth-order valence-corrected chi connectivity index (χ4v) is 12.4. The molecule has 1 spiro atoms. The number of aromatic nitrogens is 3. The molecule has 14 unspecified atom stereocenters. The van der Waals surface area contributed by atoms with Crippen molar-refractivity contribution >= 4 is 11.9 Å². The Bertz CT molecular complexity index is 1620. The maximum atomic E-state index is 12.1. The van der Waals surface area contributed by atoms with Crippen LogP contribution in [0.5, 0.6) is 0 Å². The number of fused-ring (bicyclic) bond motifs is 6. The molecule has 0 amide bonds. The van der Waals surface area contributed by atoms with Gasteiger partial charge in [-0.15, -0.1) is 5.10 Å². The van der Waals surface area contributed by atoms with Crippen molar-refractivity contribution in [3.8, 4) is 0 Å². The molecule has 4 aliphatic carbocycles. The number of likely N-dealkylation sites (tertiary alicyclic amines) is 1. The van der Waals surface area contributed by atoms with Crippen LogP contribution in [-0.2, 0) is 35.1 Å². The number of allylic oxidation sites excluding steroid dienone is 2. The molecule has 11 heteroatoms. The highest BCUT2D eigenvalue weighted by molar-refractivity contribution is 5.66. The first-order valence-electron chi connectivity index (χ1n) is 20.1. The molecular weight excluding hydrogens is 660 g/mol. The monoisotopic (exact) mass is 720 g/mol. The number of nitrogens with zero attached hydrogens (tertiary/aromatic N) is 4. The average molecular weight is 721 g/mol. The number of piperidine rings is 1. The molecular formula is C41H60N4O7. The highest BCUT2D eigenvalue weighted by atomic mass is 16.6. The molecule has 14 atom stereocenters. The van der Waals surface area contributed by atoms with Gasteiger partial charge < -0.3 is 24.1 Å². The zero-order valence-corrected chi connectivity index (χ0v) is 32.3. The van der Waals surface area contributed by atoms with Crippen LogP contribution in [0.25, 0.3) is 0 Å². The molecule has 286 valence electrons. The highest BCUT2D eigenvalue weighted by Crippen LogP contribution is 2.65. The smallest absolute Gasteiger partial charge is 0.303 e. The molecule has 8 rings (SSSR count). The molecule has 3 saturated heterocycles. The number of ether oxygens (including phenoxy) is 4. The average Bonchev–Trinajstić information content (AvgIpc) is 3.75. The van der Waals surface area contributed by atoms with E-state index in [-0.39, 0.29) is 41.2 Å². The van der Waals surface area contributed by atoms with E-state index in [1.165, 1.54) is 37.8 Å². The summed E-state index contributed by atoms with van der Waals surface area (Å²) in [6, 6.07) is 0.274. The number of carbonyl (C=O) groups excluding carboxylic acids is 2. The molecule has 11 nitrogen and oxygen atoms in total. The van der Waals surface area contributed by atoms with Crippen molar-refractivity contribution in [1.82, 2.24) is 19.9 Å². The van der Waals surface area contributed by atoms with E-state index in [9.17, 15) is 14.7 Å². The molecule has 2 saturated carbocycles. The number of hydrogen-bond acceptors (Lipinski definition) is 10. The zero-order chi connectivity index (χ0) is 36.7. The lowest BCUT2D eigenvalue weighted by Gasteiger charge is -2.49. The standard InChI is InChI=1S/C41H60N4O7/c1-22-14-36-38(44(18-22)19-29-20-45(43-42-29)39-37(51-27(6)47)17-35(50-26(5)46)23(2)21-49-39)25(4)41(52-36)13-11-31-32-9-8-28-15-30(48)10-12-40(28,7)34(32)16-33(31)24(41)3/h8,20,22-23,25,30-32,34-39,48H,9-19,21H2,1-7H3. The van der Waals surface area contributed by atoms with Gasteiger partial charge in [-0.05, 0) is 93.0 Å². The Morgan fingerprint density at radius 3 is 2.60 bits per heavy atom. The van der Waals surface area contributed by atoms with Gasteiger partial charge >= 0.3 is 11.9 Å². The van der Waals surface area contributed by atoms with Crippen LogP contribution in [0.15, 0.2) is 29.0 Å². The van der Waals surface area contributed by atoms with Crippen LogP contribution in [0.2, 0.25) is 0 Å². The number of rotatable bonds is 5. The van der Waals surface area contributed by atoms with Crippen molar-refractivity contribution in [2.45, 2.75) is 155 Å². The van der Waals surface area contributed by atoms with E-state index in [4.69, 9.17) is 18.9 Å². The minimum atomic E-state index is -0.677. The van der Waals surface area contributed by atoms with E-state index in [1.807, 2.05) is 13.1 Å². The summed E-state index contributed by atoms with van der Waals surface area (Å²) in [5.41, 5.74) is 5.53. The molecule has 1 aromatic heterocycles. The Labute approximate surface area is 308 Å². The summed E-state index contributed by atoms with van der Waals surface area (Å²) in [6.07, 6.45) is 11.5. The lowest BCUT2D eigenvalue weighted by Crippen LogP contribution is -2.51. The third kappa shape index (κ3) is 6.09.